The minimum Gasteiger partial charge on any atom is -0.279 e. The van der Waals surface area contributed by atoms with Gasteiger partial charge in [0.15, 0.2) is 0 Å². The fourth-order valence-electron chi connectivity index (χ4n) is 1.93. The van der Waals surface area contributed by atoms with Crippen LogP contribution >= 0.6 is 0 Å². The molecule has 0 N–H and O–H groups in total. The molecule has 0 saturated carbocycles. The van der Waals surface area contributed by atoms with Gasteiger partial charge >= 0.3 is 5.69 Å². The number of aromatic nitrogens is 3. The van der Waals surface area contributed by atoms with E-state index in [-0.39, 0.29) is 5.69 Å². The zero-order valence-electron chi connectivity index (χ0n) is 8.78. The molecule has 2 heterocycles. The average Bonchev–Trinajstić information content (AvgIpc) is 2.57. The number of unbranched alkanes of at least 4 members (excludes halogenated alkanes) is 1. The smallest absolute Gasteiger partial charge is 0.279 e. The molecule has 0 fully saturated rings. The molecule has 4 nitrogen and oxygen atoms in total. The topological polar surface area (TPSA) is 39.8 Å². The Bertz CT molecular complexity index is 436. The van der Waals surface area contributed by atoms with Crippen LogP contribution in [0.1, 0.15) is 31.5 Å². The molecule has 2 rings (SSSR count). The highest BCUT2D eigenvalue weighted by Gasteiger charge is 2.15. The summed E-state index contributed by atoms with van der Waals surface area (Å²) in [7, 11) is 0. The van der Waals surface area contributed by atoms with E-state index in [0.717, 1.165) is 38.1 Å². The van der Waals surface area contributed by atoms with E-state index >= 15 is 0 Å². The van der Waals surface area contributed by atoms with E-state index in [2.05, 4.69) is 11.0 Å². The number of nitrogens with zero attached hydrogens (tertiary/aromatic N) is 3. The van der Waals surface area contributed by atoms with E-state index in [4.69, 9.17) is 6.42 Å². The van der Waals surface area contributed by atoms with Crippen LogP contribution in [0.3, 0.4) is 0 Å². The minimum absolute atomic E-state index is 0.0294. The minimum atomic E-state index is 0.0294. The van der Waals surface area contributed by atoms with Crippen molar-refractivity contribution in [3.8, 4) is 12.3 Å². The predicted molar refractivity (Wildman–Crippen MR) is 57.5 cm³/mol. The van der Waals surface area contributed by atoms with E-state index in [1.54, 1.807) is 9.25 Å². The molecule has 0 aliphatic carbocycles. The maximum atomic E-state index is 11.8. The molecule has 0 unspecified atom stereocenters. The van der Waals surface area contributed by atoms with Crippen LogP contribution in [0.5, 0.6) is 0 Å². The Balaban J connectivity index is 2.15. The maximum Gasteiger partial charge on any atom is 0.345 e. The van der Waals surface area contributed by atoms with Gasteiger partial charge < -0.3 is 0 Å². The monoisotopic (exact) mass is 205 g/mol. The fourth-order valence-corrected chi connectivity index (χ4v) is 1.93. The van der Waals surface area contributed by atoms with Gasteiger partial charge in [0.25, 0.3) is 0 Å². The Morgan fingerprint density at radius 2 is 2.33 bits per heavy atom. The van der Waals surface area contributed by atoms with Crippen molar-refractivity contribution in [1.29, 1.82) is 0 Å². The van der Waals surface area contributed by atoms with Crippen LogP contribution in [0, 0.1) is 12.3 Å². The lowest BCUT2D eigenvalue weighted by Crippen LogP contribution is -2.27. The number of hydrogen-bond donors (Lipinski definition) is 0. The lowest BCUT2D eigenvalue weighted by molar-refractivity contribution is 0.509. The van der Waals surface area contributed by atoms with Crippen molar-refractivity contribution >= 4 is 0 Å². The quantitative estimate of drug-likeness (QED) is 0.541. The Labute approximate surface area is 88.9 Å². The molecular weight excluding hydrogens is 190 g/mol. The zero-order valence-corrected chi connectivity index (χ0v) is 8.78. The first-order valence-electron chi connectivity index (χ1n) is 5.43. The highest BCUT2D eigenvalue weighted by molar-refractivity contribution is 4.91. The van der Waals surface area contributed by atoms with Gasteiger partial charge in [-0.25, -0.2) is 9.48 Å². The molecule has 0 atom stereocenters. The van der Waals surface area contributed by atoms with Crippen LogP contribution in [0.25, 0.3) is 0 Å². The molecule has 15 heavy (non-hydrogen) atoms. The van der Waals surface area contributed by atoms with E-state index in [0.29, 0.717) is 13.0 Å². The second-order valence-electron chi connectivity index (χ2n) is 3.84. The van der Waals surface area contributed by atoms with Gasteiger partial charge in [-0.15, -0.1) is 12.3 Å². The molecule has 0 aromatic carbocycles. The third kappa shape index (κ3) is 1.96. The summed E-state index contributed by atoms with van der Waals surface area (Å²) in [6.45, 7) is 1.46. The molecule has 80 valence electrons. The van der Waals surface area contributed by atoms with Crippen LogP contribution in [-0.4, -0.2) is 14.3 Å². The molecule has 1 aromatic heterocycles. The SMILES string of the molecule is C#CCCCn1nc2n(c1=O)CCCC2. The van der Waals surface area contributed by atoms with Gasteiger partial charge in [-0.1, -0.05) is 0 Å². The van der Waals surface area contributed by atoms with Crippen LogP contribution in [0.4, 0.5) is 0 Å². The van der Waals surface area contributed by atoms with Gasteiger partial charge in [0.1, 0.15) is 5.82 Å². The van der Waals surface area contributed by atoms with E-state index in [1.165, 1.54) is 0 Å². The number of aryl methyl sites for hydroxylation is 2. The van der Waals surface area contributed by atoms with Crippen LogP contribution in [0.2, 0.25) is 0 Å². The van der Waals surface area contributed by atoms with Gasteiger partial charge in [0.05, 0.1) is 0 Å². The van der Waals surface area contributed by atoms with E-state index in [9.17, 15) is 4.79 Å². The van der Waals surface area contributed by atoms with Crippen LogP contribution in [-0.2, 0) is 19.5 Å². The fraction of sp³-hybridized carbons (Fsp3) is 0.636. The Hall–Kier alpha value is -1.50. The van der Waals surface area contributed by atoms with Crippen molar-refractivity contribution in [2.24, 2.45) is 0 Å². The van der Waals surface area contributed by atoms with E-state index in [1.807, 2.05) is 0 Å². The zero-order chi connectivity index (χ0) is 10.7. The summed E-state index contributed by atoms with van der Waals surface area (Å²) in [6.07, 6.45) is 9.85. The molecule has 0 amide bonds. The molecule has 0 radical (unpaired) electrons. The number of hydrogen-bond acceptors (Lipinski definition) is 2. The Kier molecular flexibility index (Phi) is 2.91. The molecule has 4 heteroatoms. The molecule has 0 bridgehead atoms. The van der Waals surface area contributed by atoms with Crippen LogP contribution in [0.15, 0.2) is 4.79 Å². The lowest BCUT2D eigenvalue weighted by Gasteiger charge is -2.09. The molecule has 1 aliphatic heterocycles. The highest BCUT2D eigenvalue weighted by atomic mass is 16.2. The maximum absolute atomic E-state index is 11.8. The Morgan fingerprint density at radius 3 is 3.07 bits per heavy atom. The van der Waals surface area contributed by atoms with Crippen molar-refractivity contribution in [3.63, 3.8) is 0 Å². The number of rotatable bonds is 3. The normalized spacial score (nSPS) is 14.6. The predicted octanol–water partition coefficient (Wildman–Crippen LogP) is 0.794. The summed E-state index contributed by atoms with van der Waals surface area (Å²) in [5.74, 6) is 3.51. The van der Waals surface area contributed by atoms with Gasteiger partial charge in [-0.05, 0) is 19.3 Å². The van der Waals surface area contributed by atoms with Gasteiger partial charge in [-0.3, -0.25) is 4.57 Å². The van der Waals surface area contributed by atoms with Crippen molar-refractivity contribution < 1.29 is 0 Å². The van der Waals surface area contributed by atoms with Crippen molar-refractivity contribution in [2.45, 2.75) is 45.2 Å². The first kappa shape index (κ1) is 10.0. The largest absolute Gasteiger partial charge is 0.345 e. The molecule has 1 aromatic rings. The summed E-state index contributed by atoms with van der Waals surface area (Å²) in [5.41, 5.74) is 0.0294. The first-order valence-corrected chi connectivity index (χ1v) is 5.43. The number of terminal acetylenes is 1. The summed E-state index contributed by atoms with van der Waals surface area (Å²) < 4.78 is 3.34. The van der Waals surface area contributed by atoms with E-state index < -0.39 is 0 Å². The summed E-state index contributed by atoms with van der Waals surface area (Å²) >= 11 is 0. The third-order valence-corrected chi connectivity index (χ3v) is 2.72. The first-order chi connectivity index (χ1) is 7.33. The summed E-state index contributed by atoms with van der Waals surface area (Å²) in [6, 6.07) is 0. The molecule has 1 aliphatic rings. The highest BCUT2D eigenvalue weighted by Crippen LogP contribution is 2.09. The Morgan fingerprint density at radius 1 is 1.47 bits per heavy atom. The van der Waals surface area contributed by atoms with Crippen molar-refractivity contribution in [2.75, 3.05) is 0 Å². The van der Waals surface area contributed by atoms with Crippen molar-refractivity contribution in [3.05, 3.63) is 16.3 Å². The summed E-state index contributed by atoms with van der Waals surface area (Å²) in [4.78, 5) is 11.8. The van der Waals surface area contributed by atoms with Gasteiger partial charge in [-0.2, -0.15) is 5.10 Å². The second-order valence-corrected chi connectivity index (χ2v) is 3.84. The average molecular weight is 205 g/mol. The standard InChI is InChI=1S/C11H15N3O/c1-2-3-5-9-14-11(15)13-8-6-4-7-10(13)12-14/h1H,3-9H2. The number of fused-ring (bicyclic) bond motifs is 1. The van der Waals surface area contributed by atoms with Gasteiger partial charge in [0.2, 0.25) is 0 Å². The molecular formula is C11H15N3O. The second kappa shape index (κ2) is 4.35. The van der Waals surface area contributed by atoms with Crippen molar-refractivity contribution in [1.82, 2.24) is 14.3 Å². The summed E-state index contributed by atoms with van der Waals surface area (Å²) in [5, 5.41) is 4.32. The van der Waals surface area contributed by atoms with Crippen LogP contribution < -0.4 is 5.69 Å². The third-order valence-electron chi connectivity index (χ3n) is 2.72. The molecule has 0 saturated heterocycles. The lowest BCUT2D eigenvalue weighted by atomic mass is 10.2. The molecule has 0 spiro atoms. The van der Waals surface area contributed by atoms with Gasteiger partial charge in [0, 0.05) is 25.9 Å².